The van der Waals surface area contributed by atoms with E-state index in [1.54, 1.807) is 0 Å². The van der Waals surface area contributed by atoms with E-state index in [9.17, 15) is 9.59 Å². The molecular formula is C18H19NO3. The van der Waals surface area contributed by atoms with Crippen molar-refractivity contribution in [2.75, 3.05) is 11.9 Å². The maximum Gasteiger partial charge on any atom is 0.310 e. The fraction of sp³-hybridized carbons (Fsp3) is 0.222. The summed E-state index contributed by atoms with van der Waals surface area (Å²) in [5, 5.41) is 2.70. The molecule has 114 valence electrons. The van der Waals surface area contributed by atoms with Crippen molar-refractivity contribution in [1.82, 2.24) is 0 Å². The molecule has 0 heterocycles. The second-order valence-corrected chi connectivity index (χ2v) is 4.92. The Balaban J connectivity index is 1.76. The lowest BCUT2D eigenvalue weighted by atomic mass is 10.1. The quantitative estimate of drug-likeness (QED) is 0.834. The summed E-state index contributed by atoms with van der Waals surface area (Å²) in [6.07, 6.45) is 1.12. The largest absolute Gasteiger partial charge is 0.455 e. The predicted molar refractivity (Wildman–Crippen MR) is 85.6 cm³/mol. The first kappa shape index (κ1) is 15.8. The van der Waals surface area contributed by atoms with Crippen molar-refractivity contribution in [3.8, 4) is 0 Å². The van der Waals surface area contributed by atoms with E-state index in [0.29, 0.717) is 5.69 Å². The lowest BCUT2D eigenvalue weighted by Gasteiger charge is -2.07. The number of rotatable bonds is 6. The van der Waals surface area contributed by atoms with Crippen LogP contribution in [0.3, 0.4) is 0 Å². The summed E-state index contributed by atoms with van der Waals surface area (Å²) in [6, 6.07) is 16.9. The van der Waals surface area contributed by atoms with Gasteiger partial charge in [-0.05, 0) is 29.7 Å². The Labute approximate surface area is 130 Å². The van der Waals surface area contributed by atoms with Crippen LogP contribution in [0.2, 0.25) is 0 Å². The molecule has 0 unspecified atom stereocenters. The fourth-order valence-corrected chi connectivity index (χ4v) is 1.98. The molecule has 0 aliphatic rings. The average Bonchev–Trinajstić information content (AvgIpc) is 2.55. The molecule has 2 rings (SSSR count). The smallest absolute Gasteiger partial charge is 0.310 e. The van der Waals surface area contributed by atoms with E-state index < -0.39 is 5.97 Å². The van der Waals surface area contributed by atoms with E-state index in [1.165, 1.54) is 5.56 Å². The molecule has 2 aromatic rings. The van der Waals surface area contributed by atoms with Gasteiger partial charge < -0.3 is 10.1 Å². The Morgan fingerprint density at radius 2 is 1.64 bits per heavy atom. The standard InChI is InChI=1S/C18H19NO3/c1-2-14-8-10-16(11-9-14)19-17(20)13-22-18(21)12-15-6-4-3-5-7-15/h3-11H,2,12-13H2,1H3,(H,19,20). The lowest BCUT2D eigenvalue weighted by molar-refractivity contribution is -0.146. The zero-order valence-corrected chi connectivity index (χ0v) is 12.5. The molecule has 2 aromatic carbocycles. The third kappa shape index (κ3) is 5.05. The molecule has 22 heavy (non-hydrogen) atoms. The highest BCUT2D eigenvalue weighted by Crippen LogP contribution is 2.09. The van der Waals surface area contributed by atoms with Crippen LogP contribution < -0.4 is 5.32 Å². The van der Waals surface area contributed by atoms with Gasteiger partial charge in [-0.1, -0.05) is 49.4 Å². The van der Waals surface area contributed by atoms with Gasteiger partial charge in [-0.25, -0.2) is 0 Å². The summed E-state index contributed by atoms with van der Waals surface area (Å²) in [4.78, 5) is 23.4. The number of esters is 1. The summed E-state index contributed by atoms with van der Waals surface area (Å²) < 4.78 is 4.97. The van der Waals surface area contributed by atoms with Crippen LogP contribution in [0.15, 0.2) is 54.6 Å². The second-order valence-electron chi connectivity index (χ2n) is 4.92. The van der Waals surface area contributed by atoms with Crippen molar-refractivity contribution in [2.45, 2.75) is 19.8 Å². The fourth-order valence-electron chi connectivity index (χ4n) is 1.98. The first-order valence-corrected chi connectivity index (χ1v) is 7.25. The van der Waals surface area contributed by atoms with Crippen molar-refractivity contribution in [3.63, 3.8) is 0 Å². The molecule has 1 N–H and O–H groups in total. The summed E-state index contributed by atoms with van der Waals surface area (Å²) >= 11 is 0. The van der Waals surface area contributed by atoms with Gasteiger partial charge >= 0.3 is 5.97 Å². The molecule has 0 saturated heterocycles. The summed E-state index contributed by atoms with van der Waals surface area (Å²) in [5.74, 6) is -0.756. The Kier molecular flexibility index (Phi) is 5.72. The van der Waals surface area contributed by atoms with Gasteiger partial charge in [-0.15, -0.1) is 0 Å². The van der Waals surface area contributed by atoms with E-state index in [2.05, 4.69) is 12.2 Å². The van der Waals surface area contributed by atoms with Crippen LogP contribution in [0.4, 0.5) is 5.69 Å². The van der Waals surface area contributed by atoms with E-state index in [4.69, 9.17) is 4.74 Å². The molecule has 4 heteroatoms. The molecule has 0 bridgehead atoms. The molecule has 4 nitrogen and oxygen atoms in total. The molecule has 0 aromatic heterocycles. The van der Waals surface area contributed by atoms with Crippen molar-refractivity contribution < 1.29 is 14.3 Å². The van der Waals surface area contributed by atoms with Crippen molar-refractivity contribution in [3.05, 3.63) is 65.7 Å². The van der Waals surface area contributed by atoms with Crippen LogP contribution in [0.5, 0.6) is 0 Å². The van der Waals surface area contributed by atoms with Gasteiger partial charge in [0.25, 0.3) is 5.91 Å². The van der Waals surface area contributed by atoms with Gasteiger partial charge in [-0.3, -0.25) is 9.59 Å². The van der Waals surface area contributed by atoms with Crippen LogP contribution >= 0.6 is 0 Å². The molecule has 0 aliphatic heterocycles. The van der Waals surface area contributed by atoms with Crippen LogP contribution in [0, 0.1) is 0 Å². The number of carbonyl (C=O) groups is 2. The third-order valence-electron chi connectivity index (χ3n) is 3.20. The highest BCUT2D eigenvalue weighted by atomic mass is 16.5. The Morgan fingerprint density at radius 3 is 2.27 bits per heavy atom. The van der Waals surface area contributed by atoms with Crippen LogP contribution in [0.25, 0.3) is 0 Å². The molecule has 0 atom stereocenters. The van der Waals surface area contributed by atoms with Gasteiger partial charge in [0.2, 0.25) is 0 Å². The summed E-state index contributed by atoms with van der Waals surface area (Å²) in [5.41, 5.74) is 2.76. The van der Waals surface area contributed by atoms with E-state index in [-0.39, 0.29) is 18.9 Å². The maximum absolute atomic E-state index is 11.7. The minimum Gasteiger partial charge on any atom is -0.455 e. The highest BCUT2D eigenvalue weighted by Gasteiger charge is 2.08. The third-order valence-corrected chi connectivity index (χ3v) is 3.20. The molecule has 0 spiro atoms. The average molecular weight is 297 g/mol. The Bertz CT molecular complexity index is 621. The molecule has 1 amide bonds. The van der Waals surface area contributed by atoms with E-state index in [0.717, 1.165) is 12.0 Å². The zero-order valence-electron chi connectivity index (χ0n) is 12.5. The number of benzene rings is 2. The van der Waals surface area contributed by atoms with Gasteiger partial charge in [-0.2, -0.15) is 0 Å². The summed E-state index contributed by atoms with van der Waals surface area (Å²) in [6.45, 7) is 1.79. The topological polar surface area (TPSA) is 55.4 Å². The number of hydrogen-bond donors (Lipinski definition) is 1. The van der Waals surface area contributed by atoms with Crippen molar-refractivity contribution >= 4 is 17.6 Å². The molecule has 0 fully saturated rings. The predicted octanol–water partition coefficient (Wildman–Crippen LogP) is 2.97. The maximum atomic E-state index is 11.7. The molecule has 0 radical (unpaired) electrons. The highest BCUT2D eigenvalue weighted by molar-refractivity contribution is 5.92. The monoisotopic (exact) mass is 297 g/mol. The normalized spacial score (nSPS) is 10.0. The van der Waals surface area contributed by atoms with Gasteiger partial charge in [0.1, 0.15) is 0 Å². The molecule has 0 saturated carbocycles. The SMILES string of the molecule is CCc1ccc(NC(=O)COC(=O)Cc2ccccc2)cc1. The number of ether oxygens (including phenoxy) is 1. The number of hydrogen-bond acceptors (Lipinski definition) is 3. The van der Waals surface area contributed by atoms with Crippen molar-refractivity contribution in [2.24, 2.45) is 0 Å². The molecular weight excluding hydrogens is 278 g/mol. The van der Waals surface area contributed by atoms with Crippen LogP contribution in [-0.2, 0) is 27.2 Å². The van der Waals surface area contributed by atoms with Crippen LogP contribution in [0.1, 0.15) is 18.1 Å². The number of carbonyl (C=O) groups excluding carboxylic acids is 2. The lowest BCUT2D eigenvalue weighted by Crippen LogP contribution is -2.21. The van der Waals surface area contributed by atoms with Gasteiger partial charge in [0, 0.05) is 5.69 Å². The Hall–Kier alpha value is -2.62. The second kappa shape index (κ2) is 7.98. The zero-order chi connectivity index (χ0) is 15.8. The minimum atomic E-state index is -0.414. The first-order valence-electron chi connectivity index (χ1n) is 7.25. The molecule has 0 aliphatic carbocycles. The van der Waals surface area contributed by atoms with Crippen molar-refractivity contribution in [1.29, 1.82) is 0 Å². The Morgan fingerprint density at radius 1 is 0.955 bits per heavy atom. The number of nitrogens with one attached hydrogen (secondary N) is 1. The van der Waals surface area contributed by atoms with Gasteiger partial charge in [0.05, 0.1) is 6.42 Å². The van der Waals surface area contributed by atoms with E-state index >= 15 is 0 Å². The number of amides is 1. The van der Waals surface area contributed by atoms with Crippen LogP contribution in [-0.4, -0.2) is 18.5 Å². The number of anilines is 1. The minimum absolute atomic E-state index is 0.166. The van der Waals surface area contributed by atoms with E-state index in [1.807, 2.05) is 54.6 Å². The number of aryl methyl sites for hydroxylation is 1. The first-order chi connectivity index (χ1) is 10.7. The summed E-state index contributed by atoms with van der Waals surface area (Å²) in [7, 11) is 0. The van der Waals surface area contributed by atoms with Gasteiger partial charge in [0.15, 0.2) is 6.61 Å².